The number of aryl methyl sites for hydroxylation is 2. The molecule has 32 heavy (non-hydrogen) atoms. The van der Waals surface area contributed by atoms with Crippen LogP contribution in [0.3, 0.4) is 0 Å². The Bertz CT molecular complexity index is 1270. The van der Waals surface area contributed by atoms with E-state index < -0.39 is 22.6 Å². The lowest BCUT2D eigenvalue weighted by Gasteiger charge is -2.19. The molecule has 3 aromatic rings. The first-order valence-electron chi connectivity index (χ1n) is 10.00. The fourth-order valence-corrected chi connectivity index (χ4v) is 4.04. The minimum absolute atomic E-state index is 0.0679. The van der Waals surface area contributed by atoms with Crippen molar-refractivity contribution >= 4 is 27.5 Å². The van der Waals surface area contributed by atoms with Crippen LogP contribution in [-0.4, -0.2) is 44.6 Å². The van der Waals surface area contributed by atoms with Crippen LogP contribution in [0, 0.1) is 20.8 Å². The molecule has 0 saturated carbocycles. The number of benzene rings is 2. The number of rotatable bonds is 7. The third-order valence-electron chi connectivity index (χ3n) is 5.32. The molecule has 0 aliphatic rings. The third-order valence-corrected chi connectivity index (χ3v) is 6.51. The molecule has 168 valence electrons. The molecule has 0 amide bonds. The van der Waals surface area contributed by atoms with Gasteiger partial charge in [0.15, 0.2) is 6.61 Å². The number of Topliss-reactive ketones (excluding diaryl/α,β-unsaturated/α-hetero) is 1. The Labute approximate surface area is 188 Å². The van der Waals surface area contributed by atoms with Crippen molar-refractivity contribution in [3.05, 3.63) is 82.7 Å². The van der Waals surface area contributed by atoms with Crippen LogP contribution in [0.2, 0.25) is 0 Å². The van der Waals surface area contributed by atoms with E-state index >= 15 is 0 Å². The van der Waals surface area contributed by atoms with Gasteiger partial charge in [-0.05, 0) is 51.1 Å². The molecule has 3 rings (SSSR count). The Hall–Kier alpha value is -3.39. The summed E-state index contributed by atoms with van der Waals surface area (Å²) < 4.78 is 32.0. The van der Waals surface area contributed by atoms with Gasteiger partial charge in [0.25, 0.3) is 0 Å². The molecule has 8 heteroatoms. The topological polar surface area (TPSA) is 85.7 Å². The first-order valence-corrected chi connectivity index (χ1v) is 11.8. The van der Waals surface area contributed by atoms with Crippen LogP contribution in [0.25, 0.3) is 5.69 Å². The van der Waals surface area contributed by atoms with Crippen molar-refractivity contribution in [2.24, 2.45) is 0 Å². The van der Waals surface area contributed by atoms with Gasteiger partial charge in [-0.2, -0.15) is 0 Å². The molecule has 2 aromatic carbocycles. The monoisotopic (exact) mass is 454 g/mol. The Morgan fingerprint density at radius 3 is 2.22 bits per heavy atom. The van der Waals surface area contributed by atoms with Crippen LogP contribution in [0.1, 0.15) is 37.7 Å². The molecular weight excluding hydrogens is 428 g/mol. The van der Waals surface area contributed by atoms with Gasteiger partial charge in [-0.25, -0.2) is 13.2 Å². The Balaban J connectivity index is 1.80. The highest BCUT2D eigenvalue weighted by Gasteiger charge is 2.22. The van der Waals surface area contributed by atoms with Gasteiger partial charge in [-0.15, -0.1) is 0 Å². The third kappa shape index (κ3) is 4.75. The maximum Gasteiger partial charge on any atom is 0.340 e. The molecule has 0 aliphatic heterocycles. The second-order valence-electron chi connectivity index (χ2n) is 7.70. The predicted octanol–water partition coefficient (Wildman–Crippen LogP) is 3.84. The number of para-hydroxylation sites is 1. The van der Waals surface area contributed by atoms with Crippen molar-refractivity contribution in [3.63, 3.8) is 0 Å². The van der Waals surface area contributed by atoms with E-state index in [0.717, 1.165) is 33.2 Å². The zero-order chi connectivity index (χ0) is 23.6. The number of nitrogens with zero attached hydrogens (tertiary/aromatic N) is 2. The van der Waals surface area contributed by atoms with Crippen molar-refractivity contribution in [2.75, 3.05) is 24.2 Å². The van der Waals surface area contributed by atoms with Gasteiger partial charge in [0.05, 0.1) is 17.5 Å². The molecule has 0 fully saturated rings. The lowest BCUT2D eigenvalue weighted by atomic mass is 10.1. The van der Waals surface area contributed by atoms with Crippen molar-refractivity contribution in [3.8, 4) is 5.69 Å². The molecule has 0 bridgehead atoms. The quantitative estimate of drug-likeness (QED) is 0.400. The fraction of sp³-hybridized carbons (Fsp3) is 0.250. The number of carbonyl (C=O) groups is 2. The summed E-state index contributed by atoms with van der Waals surface area (Å²) in [6, 6.07) is 16.0. The van der Waals surface area contributed by atoms with Crippen molar-refractivity contribution in [1.82, 2.24) is 4.57 Å². The van der Waals surface area contributed by atoms with Gasteiger partial charge in [0.1, 0.15) is 0 Å². The van der Waals surface area contributed by atoms with E-state index in [-0.39, 0.29) is 17.0 Å². The number of ether oxygens (including phenoxy) is 1. The summed E-state index contributed by atoms with van der Waals surface area (Å²) >= 11 is 0. The predicted molar refractivity (Wildman–Crippen MR) is 124 cm³/mol. The van der Waals surface area contributed by atoms with Crippen LogP contribution in [-0.2, 0) is 14.8 Å². The number of ketones is 1. The molecule has 0 saturated heterocycles. The highest BCUT2D eigenvalue weighted by atomic mass is 32.2. The highest BCUT2D eigenvalue weighted by Crippen LogP contribution is 2.24. The van der Waals surface area contributed by atoms with Crippen LogP contribution in [0.5, 0.6) is 0 Å². The van der Waals surface area contributed by atoms with Crippen molar-refractivity contribution in [1.29, 1.82) is 0 Å². The molecule has 0 atom stereocenters. The molecule has 0 aliphatic carbocycles. The average Bonchev–Trinajstić information content (AvgIpc) is 3.05. The smallest absolute Gasteiger partial charge is 0.340 e. The molecule has 0 radical (unpaired) electrons. The second kappa shape index (κ2) is 9.00. The molecule has 0 N–H and O–H groups in total. The van der Waals surface area contributed by atoms with Gasteiger partial charge in [0, 0.05) is 29.7 Å². The van der Waals surface area contributed by atoms with Gasteiger partial charge in [0.2, 0.25) is 15.8 Å². The normalized spacial score (nSPS) is 11.3. The van der Waals surface area contributed by atoms with Crippen LogP contribution < -0.4 is 4.31 Å². The van der Waals surface area contributed by atoms with Crippen LogP contribution in [0.15, 0.2) is 54.6 Å². The van der Waals surface area contributed by atoms with E-state index in [2.05, 4.69) is 0 Å². The minimum atomic E-state index is -3.57. The van der Waals surface area contributed by atoms with E-state index in [1.165, 1.54) is 19.2 Å². The number of sulfonamides is 1. The standard InChI is InChI=1S/C24H26N2O5S/c1-16-10-12-19(13-11-16)26-17(2)14-21(18(26)3)23(27)15-31-24(28)20-8-6-7-9-22(20)25(4)32(5,29)30/h6-14H,15H2,1-5H3. The summed E-state index contributed by atoms with van der Waals surface area (Å²) in [6.07, 6.45) is 1.04. The molecular formula is C24H26N2O5S. The molecule has 0 spiro atoms. The summed E-state index contributed by atoms with van der Waals surface area (Å²) in [5.74, 6) is -1.10. The zero-order valence-corrected chi connectivity index (χ0v) is 19.6. The lowest BCUT2D eigenvalue weighted by Crippen LogP contribution is -2.27. The Morgan fingerprint density at radius 2 is 1.59 bits per heavy atom. The van der Waals surface area contributed by atoms with E-state index in [1.54, 1.807) is 18.2 Å². The van der Waals surface area contributed by atoms with E-state index in [1.807, 2.05) is 49.6 Å². The summed E-state index contributed by atoms with van der Waals surface area (Å²) in [5, 5.41) is 0. The van der Waals surface area contributed by atoms with Gasteiger partial charge < -0.3 is 9.30 Å². The summed E-state index contributed by atoms with van der Waals surface area (Å²) in [6.45, 7) is 5.31. The number of carbonyl (C=O) groups excluding carboxylic acids is 2. The van der Waals surface area contributed by atoms with E-state index in [0.29, 0.717) is 5.56 Å². The summed E-state index contributed by atoms with van der Waals surface area (Å²) in [4.78, 5) is 25.5. The second-order valence-corrected chi connectivity index (χ2v) is 9.72. The molecule has 1 aromatic heterocycles. The first kappa shape index (κ1) is 23.3. The maximum absolute atomic E-state index is 12.8. The number of hydrogen-bond acceptors (Lipinski definition) is 5. The van der Waals surface area contributed by atoms with Crippen LogP contribution in [0.4, 0.5) is 5.69 Å². The maximum atomic E-state index is 12.8. The number of anilines is 1. The minimum Gasteiger partial charge on any atom is -0.454 e. The number of aromatic nitrogens is 1. The zero-order valence-electron chi connectivity index (χ0n) is 18.7. The van der Waals surface area contributed by atoms with E-state index in [9.17, 15) is 18.0 Å². The largest absolute Gasteiger partial charge is 0.454 e. The summed E-state index contributed by atoms with van der Waals surface area (Å²) in [5.41, 5.74) is 4.45. The summed E-state index contributed by atoms with van der Waals surface area (Å²) in [7, 11) is -2.21. The van der Waals surface area contributed by atoms with Gasteiger partial charge >= 0.3 is 5.97 Å². The molecule has 0 unspecified atom stereocenters. The van der Waals surface area contributed by atoms with Gasteiger partial charge in [-0.3, -0.25) is 9.10 Å². The number of esters is 1. The SMILES string of the molecule is Cc1ccc(-n2c(C)cc(C(=O)COC(=O)c3ccccc3N(C)S(C)(=O)=O)c2C)cc1. The Morgan fingerprint density at radius 1 is 0.969 bits per heavy atom. The highest BCUT2D eigenvalue weighted by molar-refractivity contribution is 7.92. The lowest BCUT2D eigenvalue weighted by molar-refractivity contribution is 0.0475. The van der Waals surface area contributed by atoms with Crippen LogP contribution >= 0.6 is 0 Å². The number of hydrogen-bond donors (Lipinski definition) is 0. The average molecular weight is 455 g/mol. The first-order chi connectivity index (χ1) is 15.0. The Kier molecular flexibility index (Phi) is 6.55. The molecule has 7 nitrogen and oxygen atoms in total. The van der Waals surface area contributed by atoms with Crippen molar-refractivity contribution in [2.45, 2.75) is 20.8 Å². The van der Waals surface area contributed by atoms with E-state index in [4.69, 9.17) is 4.74 Å². The van der Waals surface area contributed by atoms with Crippen molar-refractivity contribution < 1.29 is 22.7 Å². The molecule has 1 heterocycles. The fourth-order valence-electron chi connectivity index (χ4n) is 3.52. The van der Waals surface area contributed by atoms with Gasteiger partial charge in [-0.1, -0.05) is 29.8 Å².